The van der Waals surface area contributed by atoms with Crippen molar-refractivity contribution in [2.75, 3.05) is 13.7 Å². The highest BCUT2D eigenvalue weighted by Crippen LogP contribution is 2.20. The number of aromatic nitrogens is 1. The van der Waals surface area contributed by atoms with Gasteiger partial charge >= 0.3 is 0 Å². The SMILES string of the molecule is CO[C@@H](CNC(=O)Cc1cccnc1)c1cccs1. The Bertz CT molecular complexity index is 499. The molecule has 4 nitrogen and oxygen atoms in total. The Morgan fingerprint density at radius 2 is 2.37 bits per heavy atom. The first-order chi connectivity index (χ1) is 9.29. The van der Waals surface area contributed by atoms with Gasteiger partial charge in [-0.2, -0.15) is 0 Å². The first-order valence-electron chi connectivity index (χ1n) is 6.01. The number of pyridine rings is 1. The van der Waals surface area contributed by atoms with Crippen molar-refractivity contribution in [2.24, 2.45) is 0 Å². The van der Waals surface area contributed by atoms with Crippen LogP contribution in [0.1, 0.15) is 16.5 Å². The Morgan fingerprint density at radius 3 is 3.00 bits per heavy atom. The molecule has 0 spiro atoms. The molecule has 100 valence electrons. The molecular weight excluding hydrogens is 260 g/mol. The number of ether oxygens (including phenoxy) is 1. The molecule has 0 bridgehead atoms. The number of thiophene rings is 1. The molecule has 0 aliphatic carbocycles. The second kappa shape index (κ2) is 7.01. The summed E-state index contributed by atoms with van der Waals surface area (Å²) in [5, 5.41) is 4.88. The van der Waals surface area contributed by atoms with E-state index in [-0.39, 0.29) is 12.0 Å². The molecule has 0 saturated heterocycles. The molecule has 1 atom stereocenters. The monoisotopic (exact) mass is 276 g/mol. The average molecular weight is 276 g/mol. The van der Waals surface area contributed by atoms with Crippen molar-refractivity contribution in [3.8, 4) is 0 Å². The van der Waals surface area contributed by atoms with E-state index in [1.165, 1.54) is 0 Å². The van der Waals surface area contributed by atoms with Gasteiger partial charge in [0.2, 0.25) is 5.91 Å². The van der Waals surface area contributed by atoms with E-state index >= 15 is 0 Å². The molecule has 19 heavy (non-hydrogen) atoms. The minimum Gasteiger partial charge on any atom is -0.374 e. The summed E-state index contributed by atoms with van der Waals surface area (Å²) < 4.78 is 5.38. The van der Waals surface area contributed by atoms with Crippen LogP contribution in [-0.2, 0) is 16.0 Å². The number of nitrogens with zero attached hydrogens (tertiary/aromatic N) is 1. The van der Waals surface area contributed by atoms with Crippen LogP contribution in [0.5, 0.6) is 0 Å². The number of nitrogens with one attached hydrogen (secondary N) is 1. The lowest BCUT2D eigenvalue weighted by atomic mass is 10.2. The molecule has 2 aromatic heterocycles. The van der Waals surface area contributed by atoms with E-state index in [0.717, 1.165) is 10.4 Å². The van der Waals surface area contributed by atoms with E-state index in [9.17, 15) is 4.79 Å². The highest BCUT2D eigenvalue weighted by atomic mass is 32.1. The predicted molar refractivity (Wildman–Crippen MR) is 75.0 cm³/mol. The van der Waals surface area contributed by atoms with Gasteiger partial charge in [0, 0.05) is 30.9 Å². The van der Waals surface area contributed by atoms with Crippen molar-refractivity contribution in [2.45, 2.75) is 12.5 Å². The van der Waals surface area contributed by atoms with E-state index in [0.29, 0.717) is 13.0 Å². The Balaban J connectivity index is 1.83. The highest BCUT2D eigenvalue weighted by Gasteiger charge is 2.13. The zero-order valence-electron chi connectivity index (χ0n) is 10.7. The van der Waals surface area contributed by atoms with Gasteiger partial charge in [-0.05, 0) is 23.1 Å². The van der Waals surface area contributed by atoms with Crippen LogP contribution < -0.4 is 5.32 Å². The number of rotatable bonds is 6. The molecule has 2 aromatic rings. The molecule has 2 heterocycles. The van der Waals surface area contributed by atoms with Crippen LogP contribution in [0.2, 0.25) is 0 Å². The molecule has 1 N–H and O–H groups in total. The fourth-order valence-electron chi connectivity index (χ4n) is 1.73. The van der Waals surface area contributed by atoms with Crippen molar-refractivity contribution in [3.63, 3.8) is 0 Å². The van der Waals surface area contributed by atoms with Crippen molar-refractivity contribution in [1.82, 2.24) is 10.3 Å². The number of amides is 1. The van der Waals surface area contributed by atoms with Crippen molar-refractivity contribution >= 4 is 17.2 Å². The van der Waals surface area contributed by atoms with Crippen LogP contribution in [-0.4, -0.2) is 24.5 Å². The normalized spacial score (nSPS) is 12.1. The van der Waals surface area contributed by atoms with E-state index in [1.807, 2.05) is 29.6 Å². The molecule has 0 aliphatic rings. The Hall–Kier alpha value is -1.72. The summed E-state index contributed by atoms with van der Waals surface area (Å²) in [6, 6.07) is 7.70. The molecule has 2 rings (SSSR count). The molecule has 0 radical (unpaired) electrons. The summed E-state index contributed by atoms with van der Waals surface area (Å²) in [7, 11) is 1.65. The summed E-state index contributed by atoms with van der Waals surface area (Å²) in [5.74, 6) is -0.0217. The fraction of sp³-hybridized carbons (Fsp3) is 0.286. The molecule has 0 fully saturated rings. The quantitative estimate of drug-likeness (QED) is 0.880. The standard InChI is InChI=1S/C14H16N2O2S/c1-18-12(13-5-3-7-19-13)10-16-14(17)8-11-4-2-6-15-9-11/h2-7,9,12H,8,10H2,1H3,(H,16,17)/t12-/m0/s1. The van der Waals surface area contributed by atoms with Gasteiger partial charge in [0.05, 0.1) is 6.42 Å². The van der Waals surface area contributed by atoms with Gasteiger partial charge < -0.3 is 10.1 Å². The van der Waals surface area contributed by atoms with Crippen LogP contribution in [0.4, 0.5) is 0 Å². The van der Waals surface area contributed by atoms with Gasteiger partial charge in [-0.25, -0.2) is 0 Å². The van der Waals surface area contributed by atoms with E-state index < -0.39 is 0 Å². The maximum absolute atomic E-state index is 11.8. The third-order valence-electron chi connectivity index (χ3n) is 2.72. The third-order valence-corrected chi connectivity index (χ3v) is 3.68. The lowest BCUT2D eigenvalue weighted by Gasteiger charge is -2.14. The maximum Gasteiger partial charge on any atom is 0.224 e. The van der Waals surface area contributed by atoms with Crippen molar-refractivity contribution in [1.29, 1.82) is 0 Å². The molecular formula is C14H16N2O2S. The van der Waals surface area contributed by atoms with Gasteiger partial charge in [0.15, 0.2) is 0 Å². The average Bonchev–Trinajstić information content (AvgIpc) is 2.95. The second-order valence-corrected chi connectivity index (χ2v) is 5.06. The summed E-state index contributed by atoms with van der Waals surface area (Å²) in [6.45, 7) is 0.482. The fourth-order valence-corrected chi connectivity index (χ4v) is 2.53. The van der Waals surface area contributed by atoms with Crippen LogP contribution in [0.3, 0.4) is 0 Å². The molecule has 5 heteroatoms. The zero-order chi connectivity index (χ0) is 13.5. The van der Waals surface area contributed by atoms with Gasteiger partial charge in [0.25, 0.3) is 0 Å². The number of carbonyl (C=O) groups is 1. The van der Waals surface area contributed by atoms with Crippen molar-refractivity contribution < 1.29 is 9.53 Å². The summed E-state index contributed by atoms with van der Waals surface area (Å²) in [4.78, 5) is 16.9. The minimum atomic E-state index is -0.0853. The smallest absolute Gasteiger partial charge is 0.224 e. The predicted octanol–water partition coefficient (Wildman–Crippen LogP) is 2.19. The highest BCUT2D eigenvalue weighted by molar-refractivity contribution is 7.10. The van der Waals surface area contributed by atoms with Gasteiger partial charge in [-0.15, -0.1) is 11.3 Å². The maximum atomic E-state index is 11.8. The first kappa shape index (κ1) is 13.7. The zero-order valence-corrected chi connectivity index (χ0v) is 11.5. The lowest BCUT2D eigenvalue weighted by Crippen LogP contribution is -2.30. The summed E-state index contributed by atoms with van der Waals surface area (Å²) in [6.07, 6.45) is 3.65. The molecule has 0 aliphatic heterocycles. The summed E-state index contributed by atoms with van der Waals surface area (Å²) >= 11 is 1.62. The molecule has 0 saturated carbocycles. The molecule has 1 amide bonds. The number of methoxy groups -OCH3 is 1. The van der Waals surface area contributed by atoms with Gasteiger partial charge in [-0.1, -0.05) is 12.1 Å². The third kappa shape index (κ3) is 4.15. The number of carbonyl (C=O) groups excluding carboxylic acids is 1. The molecule has 0 aromatic carbocycles. The Kier molecular flexibility index (Phi) is 5.06. The van der Waals surface area contributed by atoms with Crippen LogP contribution in [0.15, 0.2) is 42.0 Å². The topological polar surface area (TPSA) is 51.2 Å². The lowest BCUT2D eigenvalue weighted by molar-refractivity contribution is -0.121. The Morgan fingerprint density at radius 1 is 1.47 bits per heavy atom. The van der Waals surface area contributed by atoms with Gasteiger partial charge in [0.1, 0.15) is 6.10 Å². The van der Waals surface area contributed by atoms with Crippen LogP contribution in [0, 0.1) is 0 Å². The van der Waals surface area contributed by atoms with E-state index in [4.69, 9.17) is 4.74 Å². The van der Waals surface area contributed by atoms with E-state index in [1.54, 1.807) is 30.8 Å². The second-order valence-electron chi connectivity index (χ2n) is 4.08. The largest absolute Gasteiger partial charge is 0.374 e. The Labute approximate surface area is 116 Å². The van der Waals surface area contributed by atoms with Crippen LogP contribution >= 0.6 is 11.3 Å². The minimum absolute atomic E-state index is 0.0217. The summed E-state index contributed by atoms with van der Waals surface area (Å²) in [5.41, 5.74) is 0.907. The number of hydrogen-bond acceptors (Lipinski definition) is 4. The van der Waals surface area contributed by atoms with Crippen molar-refractivity contribution in [3.05, 3.63) is 52.5 Å². The number of hydrogen-bond donors (Lipinski definition) is 1. The first-order valence-corrected chi connectivity index (χ1v) is 6.89. The van der Waals surface area contributed by atoms with E-state index in [2.05, 4.69) is 10.3 Å². The molecule has 0 unspecified atom stereocenters. The van der Waals surface area contributed by atoms with Gasteiger partial charge in [-0.3, -0.25) is 9.78 Å². The van der Waals surface area contributed by atoms with Crippen LogP contribution in [0.25, 0.3) is 0 Å².